The minimum Gasteiger partial charge on any atom is -0.356 e. The second kappa shape index (κ2) is 4.50. The zero-order valence-corrected chi connectivity index (χ0v) is 11.8. The lowest BCUT2D eigenvalue weighted by Crippen LogP contribution is -2.54. The molecular weight excluding hydrogens is 262 g/mol. The molecule has 19 heavy (non-hydrogen) atoms. The number of carbonyl (C=O) groups excluding carboxylic acids is 1. The Balaban J connectivity index is 1.97. The van der Waals surface area contributed by atoms with Crippen molar-refractivity contribution < 1.29 is 9.53 Å². The van der Waals surface area contributed by atoms with Crippen LogP contribution in [0.4, 0.5) is 5.69 Å². The van der Waals surface area contributed by atoms with Crippen molar-refractivity contribution in [3.05, 3.63) is 29.3 Å². The Bertz CT molecular complexity index is 519. The van der Waals surface area contributed by atoms with Crippen molar-refractivity contribution in [3.63, 3.8) is 0 Å². The van der Waals surface area contributed by atoms with Crippen molar-refractivity contribution in [1.82, 2.24) is 0 Å². The Morgan fingerprint density at radius 1 is 1.26 bits per heavy atom. The van der Waals surface area contributed by atoms with Gasteiger partial charge in [-0.2, -0.15) is 0 Å². The second-order valence-electron chi connectivity index (χ2n) is 5.68. The SMILES string of the molecule is C[C@]12CCCC[C@@]1(Nc1ccccc1Cl)OCC2=O. The van der Waals surface area contributed by atoms with Crippen LogP contribution in [0.3, 0.4) is 0 Å². The topological polar surface area (TPSA) is 38.3 Å². The third-order valence-corrected chi connectivity index (χ3v) is 4.95. The molecule has 1 saturated heterocycles. The van der Waals surface area contributed by atoms with E-state index in [9.17, 15) is 4.79 Å². The first kappa shape index (κ1) is 12.9. The number of hydrogen-bond acceptors (Lipinski definition) is 3. The molecular formula is C15H18ClNO2. The van der Waals surface area contributed by atoms with Crippen LogP contribution in [0, 0.1) is 5.41 Å². The molecule has 0 unspecified atom stereocenters. The molecule has 102 valence electrons. The largest absolute Gasteiger partial charge is 0.356 e. The molecule has 1 saturated carbocycles. The van der Waals surface area contributed by atoms with Gasteiger partial charge in [-0.1, -0.05) is 30.2 Å². The molecule has 2 atom stereocenters. The minimum atomic E-state index is -0.590. The van der Waals surface area contributed by atoms with E-state index < -0.39 is 11.1 Å². The average molecular weight is 280 g/mol. The van der Waals surface area contributed by atoms with Crippen molar-refractivity contribution in [2.24, 2.45) is 5.41 Å². The standard InChI is InChI=1S/C15H18ClNO2/c1-14-8-4-5-9-15(14,19-10-13(14)18)17-12-7-3-2-6-11(12)16/h2-3,6-7,17H,4-5,8-10H2,1H3/t14-,15-/m1/s1. The number of carbonyl (C=O) groups is 1. The zero-order chi connectivity index (χ0) is 13.5. The van der Waals surface area contributed by atoms with E-state index in [1.807, 2.05) is 31.2 Å². The van der Waals surface area contributed by atoms with Crippen LogP contribution in [-0.2, 0) is 9.53 Å². The van der Waals surface area contributed by atoms with Crippen LogP contribution in [0.1, 0.15) is 32.6 Å². The molecule has 2 fully saturated rings. The Kier molecular flexibility index (Phi) is 3.06. The highest BCUT2D eigenvalue weighted by Gasteiger charge is 2.60. The molecule has 2 aliphatic rings. The summed E-state index contributed by atoms with van der Waals surface area (Å²) in [6.45, 7) is 2.22. The van der Waals surface area contributed by atoms with Crippen molar-refractivity contribution in [3.8, 4) is 0 Å². The van der Waals surface area contributed by atoms with E-state index in [0.717, 1.165) is 31.4 Å². The molecule has 1 N–H and O–H groups in total. The number of benzene rings is 1. The maximum atomic E-state index is 12.2. The maximum absolute atomic E-state index is 12.2. The van der Waals surface area contributed by atoms with E-state index in [2.05, 4.69) is 5.32 Å². The highest BCUT2D eigenvalue weighted by atomic mass is 35.5. The number of nitrogens with one attached hydrogen (secondary N) is 1. The predicted octanol–water partition coefficient (Wildman–Crippen LogP) is 3.63. The summed E-state index contributed by atoms with van der Waals surface area (Å²) in [6.07, 6.45) is 3.88. The summed E-state index contributed by atoms with van der Waals surface area (Å²) in [5, 5.41) is 4.08. The number of para-hydroxylation sites is 1. The van der Waals surface area contributed by atoms with Crippen molar-refractivity contribution in [2.45, 2.75) is 38.3 Å². The summed E-state index contributed by atoms with van der Waals surface area (Å²) in [5.74, 6) is 0.201. The monoisotopic (exact) mass is 279 g/mol. The number of halogens is 1. The Morgan fingerprint density at radius 2 is 2.00 bits per heavy atom. The summed E-state index contributed by atoms with van der Waals surface area (Å²) >= 11 is 6.21. The molecule has 0 aromatic heterocycles. The normalized spacial score (nSPS) is 34.1. The van der Waals surface area contributed by atoms with Crippen LogP contribution in [0.2, 0.25) is 5.02 Å². The van der Waals surface area contributed by atoms with Crippen molar-refractivity contribution >= 4 is 23.1 Å². The summed E-state index contributed by atoms with van der Waals surface area (Å²) in [6, 6.07) is 7.60. The van der Waals surface area contributed by atoms with Crippen LogP contribution >= 0.6 is 11.6 Å². The number of ketones is 1. The molecule has 0 spiro atoms. The number of ether oxygens (including phenoxy) is 1. The number of hydrogen-bond donors (Lipinski definition) is 1. The molecule has 4 heteroatoms. The van der Waals surface area contributed by atoms with Gasteiger partial charge in [-0.05, 0) is 38.3 Å². The van der Waals surface area contributed by atoms with Crippen molar-refractivity contribution in [1.29, 1.82) is 0 Å². The average Bonchev–Trinajstić information content (AvgIpc) is 2.66. The van der Waals surface area contributed by atoms with Gasteiger partial charge in [0.2, 0.25) is 0 Å². The van der Waals surface area contributed by atoms with Gasteiger partial charge in [-0.15, -0.1) is 0 Å². The van der Waals surface area contributed by atoms with E-state index in [4.69, 9.17) is 16.3 Å². The first-order chi connectivity index (χ1) is 9.07. The molecule has 3 nitrogen and oxygen atoms in total. The van der Waals surface area contributed by atoms with Crippen LogP contribution in [0.25, 0.3) is 0 Å². The summed E-state index contributed by atoms with van der Waals surface area (Å²) in [4.78, 5) is 12.2. The van der Waals surface area contributed by atoms with Gasteiger partial charge in [0.15, 0.2) is 11.5 Å². The lowest BCUT2D eigenvalue weighted by molar-refractivity contribution is -0.127. The summed E-state index contributed by atoms with van der Waals surface area (Å²) in [5.41, 5.74) is -0.190. The summed E-state index contributed by atoms with van der Waals surface area (Å²) < 4.78 is 5.90. The molecule has 1 aromatic rings. The van der Waals surface area contributed by atoms with Gasteiger partial charge in [-0.3, -0.25) is 4.79 Å². The zero-order valence-electron chi connectivity index (χ0n) is 11.0. The maximum Gasteiger partial charge on any atom is 0.169 e. The highest BCUT2D eigenvalue weighted by Crippen LogP contribution is 2.51. The molecule has 1 aliphatic heterocycles. The van der Waals surface area contributed by atoms with E-state index in [1.54, 1.807) is 0 Å². The van der Waals surface area contributed by atoms with Gasteiger partial charge in [0.25, 0.3) is 0 Å². The van der Waals surface area contributed by atoms with Gasteiger partial charge in [0.05, 0.1) is 16.1 Å². The molecule has 1 aliphatic carbocycles. The fourth-order valence-electron chi connectivity index (χ4n) is 3.29. The van der Waals surface area contributed by atoms with E-state index >= 15 is 0 Å². The van der Waals surface area contributed by atoms with E-state index in [1.165, 1.54) is 0 Å². The highest BCUT2D eigenvalue weighted by molar-refractivity contribution is 6.33. The Labute approximate surface area is 118 Å². The second-order valence-corrected chi connectivity index (χ2v) is 6.09. The van der Waals surface area contributed by atoms with Gasteiger partial charge in [-0.25, -0.2) is 0 Å². The molecule has 0 bridgehead atoms. The van der Waals surface area contributed by atoms with Gasteiger partial charge >= 0.3 is 0 Å². The third-order valence-electron chi connectivity index (χ3n) is 4.62. The van der Waals surface area contributed by atoms with Gasteiger partial charge in [0, 0.05) is 0 Å². The lowest BCUT2D eigenvalue weighted by Gasteiger charge is -2.45. The molecule has 1 heterocycles. The van der Waals surface area contributed by atoms with Crippen LogP contribution in [-0.4, -0.2) is 18.1 Å². The predicted molar refractivity (Wildman–Crippen MR) is 75.3 cm³/mol. The number of rotatable bonds is 2. The lowest BCUT2D eigenvalue weighted by atomic mass is 9.68. The van der Waals surface area contributed by atoms with Crippen molar-refractivity contribution in [2.75, 3.05) is 11.9 Å². The molecule has 0 amide bonds. The molecule has 3 rings (SSSR count). The summed E-state index contributed by atoms with van der Waals surface area (Å²) in [7, 11) is 0. The van der Waals surface area contributed by atoms with Crippen LogP contribution in [0.15, 0.2) is 24.3 Å². The van der Waals surface area contributed by atoms with E-state index in [0.29, 0.717) is 5.02 Å². The van der Waals surface area contributed by atoms with Crippen LogP contribution in [0.5, 0.6) is 0 Å². The molecule has 1 aromatic carbocycles. The number of Topliss-reactive ketones (excluding diaryl/α,β-unsaturated/α-hetero) is 1. The minimum absolute atomic E-state index is 0.201. The van der Waals surface area contributed by atoms with E-state index in [-0.39, 0.29) is 12.4 Å². The molecule has 0 radical (unpaired) electrons. The Hall–Kier alpha value is -1.06. The quantitative estimate of drug-likeness (QED) is 0.898. The fourth-order valence-corrected chi connectivity index (χ4v) is 3.47. The fraction of sp³-hybridized carbons (Fsp3) is 0.533. The third kappa shape index (κ3) is 1.87. The number of fused-ring (bicyclic) bond motifs is 1. The van der Waals surface area contributed by atoms with Gasteiger partial charge in [0.1, 0.15) is 6.61 Å². The van der Waals surface area contributed by atoms with Gasteiger partial charge < -0.3 is 10.1 Å². The number of anilines is 1. The smallest absolute Gasteiger partial charge is 0.169 e. The first-order valence-corrected chi connectivity index (χ1v) is 7.15. The Morgan fingerprint density at radius 3 is 2.79 bits per heavy atom. The van der Waals surface area contributed by atoms with Crippen LogP contribution < -0.4 is 5.32 Å². The first-order valence-electron chi connectivity index (χ1n) is 6.77.